The topological polar surface area (TPSA) is 132 Å². The molecule has 5 N–H and O–H groups in total. The van der Waals surface area contributed by atoms with E-state index in [0.717, 1.165) is 10.4 Å². The first-order valence-corrected chi connectivity index (χ1v) is 19.4. The molecule has 50 heavy (non-hydrogen) atoms. The zero-order valence-corrected chi connectivity index (χ0v) is 30.1. The Morgan fingerprint density at radius 3 is 2.38 bits per heavy atom. The van der Waals surface area contributed by atoms with Crippen molar-refractivity contribution in [2.45, 2.75) is 63.1 Å². The molecule has 1 aromatic heterocycles. The number of nitrogens with one attached hydrogen (secondary N) is 2. The summed E-state index contributed by atoms with van der Waals surface area (Å²) in [5.41, 5.74) is 6.71. The van der Waals surface area contributed by atoms with E-state index in [2.05, 4.69) is 72.5 Å². The van der Waals surface area contributed by atoms with Gasteiger partial charge in [0.25, 0.3) is 8.32 Å². The third-order valence-corrected chi connectivity index (χ3v) is 14.0. The normalized spacial score (nSPS) is 20.8. The minimum atomic E-state index is -4.93. The van der Waals surface area contributed by atoms with Crippen LogP contribution in [-0.2, 0) is 18.7 Å². The first-order valence-electron chi connectivity index (χ1n) is 16.1. The van der Waals surface area contributed by atoms with Crippen molar-refractivity contribution in [1.29, 1.82) is 0 Å². The largest absolute Gasteiger partial charge is 0.451 e. The fourth-order valence-electron chi connectivity index (χ4n) is 6.41. The number of ketones is 1. The SMILES string of the molecule is CSCOC1CC(n2cc(C#CCNCC(=O)C(F)(F)F)c3c2NC(N)=NC3O)OC1CO[Si](c1ccccc1)(c1ccccc1)C(C)(C)C. The molecule has 1 fully saturated rings. The third kappa shape index (κ3) is 8.12. The Kier molecular flexibility index (Phi) is 11.8. The molecule has 0 bridgehead atoms. The van der Waals surface area contributed by atoms with E-state index in [-0.39, 0.29) is 30.3 Å². The number of alkyl halides is 3. The highest BCUT2D eigenvalue weighted by Crippen LogP contribution is 2.41. The van der Waals surface area contributed by atoms with Gasteiger partial charge in [-0.3, -0.25) is 10.1 Å². The zero-order valence-electron chi connectivity index (χ0n) is 28.3. The number of rotatable bonds is 12. The van der Waals surface area contributed by atoms with Crippen LogP contribution in [0.4, 0.5) is 19.0 Å². The predicted molar refractivity (Wildman–Crippen MR) is 191 cm³/mol. The molecule has 4 unspecified atom stereocenters. The molecule has 0 amide bonds. The molecule has 15 heteroatoms. The number of fused-ring (bicyclic) bond motifs is 1. The third-order valence-electron chi connectivity index (χ3n) is 8.65. The van der Waals surface area contributed by atoms with Gasteiger partial charge in [-0.2, -0.15) is 13.2 Å². The molecule has 2 aromatic carbocycles. The maximum Gasteiger partial charge on any atom is 0.451 e. The number of nitrogens with two attached hydrogens (primary N) is 1. The quantitative estimate of drug-likeness (QED) is 0.0951. The minimum Gasteiger partial charge on any atom is -0.405 e. The van der Waals surface area contributed by atoms with E-state index in [1.807, 2.05) is 42.7 Å². The molecular formula is C35H42F3N5O5SSi. The summed E-state index contributed by atoms with van der Waals surface area (Å²) in [6, 6.07) is 20.7. The highest BCUT2D eigenvalue weighted by molar-refractivity contribution is 7.98. The van der Waals surface area contributed by atoms with E-state index in [9.17, 15) is 23.1 Å². The highest BCUT2D eigenvalue weighted by atomic mass is 32.2. The van der Waals surface area contributed by atoms with Gasteiger partial charge in [-0.1, -0.05) is 93.3 Å². The number of aliphatic hydroxyl groups excluding tert-OH is 1. The summed E-state index contributed by atoms with van der Waals surface area (Å²) in [7, 11) is -2.89. The van der Waals surface area contributed by atoms with Crippen molar-refractivity contribution >= 4 is 48.0 Å². The molecule has 0 aliphatic carbocycles. The number of aromatic nitrogens is 1. The molecule has 0 spiro atoms. The van der Waals surface area contributed by atoms with Crippen LogP contribution >= 0.6 is 11.8 Å². The Morgan fingerprint density at radius 2 is 1.80 bits per heavy atom. The molecule has 10 nitrogen and oxygen atoms in total. The second-order valence-corrected chi connectivity index (χ2v) is 18.1. The van der Waals surface area contributed by atoms with E-state index >= 15 is 0 Å². The van der Waals surface area contributed by atoms with Gasteiger partial charge in [0.1, 0.15) is 18.1 Å². The van der Waals surface area contributed by atoms with Crippen molar-refractivity contribution in [1.82, 2.24) is 9.88 Å². The maximum atomic E-state index is 12.6. The summed E-state index contributed by atoms with van der Waals surface area (Å²) < 4.78 is 59.7. The summed E-state index contributed by atoms with van der Waals surface area (Å²) in [6.45, 7) is 5.79. The number of aliphatic imine (C=N–C) groups is 1. The van der Waals surface area contributed by atoms with Crippen molar-refractivity contribution in [3.05, 3.63) is 78.0 Å². The number of carbonyl (C=O) groups excluding carboxylic acids is 1. The first kappa shape index (κ1) is 37.6. The summed E-state index contributed by atoms with van der Waals surface area (Å²) >= 11 is 1.55. The molecule has 3 aromatic rings. The van der Waals surface area contributed by atoms with E-state index in [4.69, 9.17) is 19.6 Å². The van der Waals surface area contributed by atoms with E-state index in [1.54, 1.807) is 22.5 Å². The Morgan fingerprint density at radius 1 is 1.16 bits per heavy atom. The van der Waals surface area contributed by atoms with E-state index < -0.39 is 45.4 Å². The minimum absolute atomic E-state index is 0.00376. The lowest BCUT2D eigenvalue weighted by Gasteiger charge is -2.43. The number of anilines is 1. The van der Waals surface area contributed by atoms with Crippen LogP contribution in [0.25, 0.3) is 0 Å². The van der Waals surface area contributed by atoms with Gasteiger partial charge in [0, 0.05) is 12.6 Å². The summed E-state index contributed by atoms with van der Waals surface area (Å²) in [4.78, 5) is 15.2. The number of halogens is 3. The van der Waals surface area contributed by atoms with E-state index in [0.29, 0.717) is 29.3 Å². The van der Waals surface area contributed by atoms with Gasteiger partial charge < -0.3 is 34.6 Å². The summed E-state index contributed by atoms with van der Waals surface area (Å²) in [5.74, 6) is 4.58. The number of hydrogen-bond donors (Lipinski definition) is 4. The lowest BCUT2D eigenvalue weighted by molar-refractivity contribution is -0.169. The molecule has 0 radical (unpaired) electrons. The monoisotopic (exact) mass is 729 g/mol. The van der Waals surface area contributed by atoms with Gasteiger partial charge >= 0.3 is 6.18 Å². The number of carbonyl (C=O) groups is 1. The van der Waals surface area contributed by atoms with Crippen molar-refractivity contribution in [2.75, 3.05) is 37.2 Å². The number of thioether (sulfide) groups is 1. The number of Topliss-reactive ketones (excluding diaryl/α,β-unsaturated/α-hetero) is 1. The van der Waals surface area contributed by atoms with Crippen LogP contribution in [0.3, 0.4) is 0 Å². The second-order valence-electron chi connectivity index (χ2n) is 13.0. The predicted octanol–water partition coefficient (Wildman–Crippen LogP) is 3.86. The van der Waals surface area contributed by atoms with Gasteiger partial charge in [0.2, 0.25) is 5.78 Å². The van der Waals surface area contributed by atoms with Crippen LogP contribution < -0.4 is 26.7 Å². The maximum absolute atomic E-state index is 12.6. The second kappa shape index (κ2) is 15.7. The summed E-state index contributed by atoms with van der Waals surface area (Å²) in [6.07, 6.45) is -3.56. The molecule has 2 aliphatic heterocycles. The fourth-order valence-corrected chi connectivity index (χ4v) is 11.3. The Labute approximate surface area is 295 Å². The van der Waals surface area contributed by atoms with Crippen molar-refractivity contribution in [2.24, 2.45) is 10.7 Å². The lowest BCUT2D eigenvalue weighted by atomic mass is 10.1. The number of benzene rings is 2. The van der Waals surface area contributed by atoms with Crippen LogP contribution in [0.15, 0.2) is 71.9 Å². The number of ether oxygens (including phenoxy) is 2. The van der Waals surface area contributed by atoms with Crippen LogP contribution in [0.2, 0.25) is 5.04 Å². The van der Waals surface area contributed by atoms with Crippen molar-refractivity contribution in [3.63, 3.8) is 0 Å². The number of guanidine groups is 1. The smallest absolute Gasteiger partial charge is 0.405 e. The van der Waals surface area contributed by atoms with Gasteiger partial charge in [0.15, 0.2) is 12.2 Å². The molecule has 4 atom stereocenters. The lowest BCUT2D eigenvalue weighted by Crippen LogP contribution is -2.67. The average Bonchev–Trinajstić information content (AvgIpc) is 3.64. The van der Waals surface area contributed by atoms with E-state index in [1.165, 1.54) is 0 Å². The molecular weight excluding hydrogens is 688 g/mol. The fraction of sp³-hybridized carbons (Fsp3) is 0.429. The molecule has 2 aliphatic rings. The van der Waals surface area contributed by atoms with Crippen molar-refractivity contribution in [3.8, 4) is 11.8 Å². The standard InChI is InChI=1S/C35H42F3N5O5SSi/c1-34(2,3)50(24-13-7-5-8-14-24,25-15-9-6-10-16-25)47-21-27-26(46-22-49-4)18-29(48-27)43-20-23(30-31(43)41-33(39)42-32(30)45)12-11-17-40-19-28(44)35(36,37)38/h5-10,13-16,20,26-27,29,32,40,45H,17-19,21-22H2,1-4H3,(H3,39,41,42). The Balaban J connectivity index is 1.44. The van der Waals surface area contributed by atoms with Gasteiger partial charge in [-0.15, -0.1) is 11.8 Å². The molecule has 3 heterocycles. The van der Waals surface area contributed by atoms with Gasteiger partial charge in [-0.25, -0.2) is 4.99 Å². The highest BCUT2D eigenvalue weighted by Gasteiger charge is 2.51. The van der Waals surface area contributed by atoms with Crippen LogP contribution in [-0.4, -0.2) is 80.0 Å². The number of nitrogens with zero attached hydrogens (tertiary/aromatic N) is 2. The van der Waals surface area contributed by atoms with Crippen LogP contribution in [0.5, 0.6) is 0 Å². The Bertz CT molecular complexity index is 1680. The first-order chi connectivity index (χ1) is 23.8. The average molecular weight is 730 g/mol. The number of aliphatic hydroxyl groups is 1. The molecule has 0 saturated carbocycles. The van der Waals surface area contributed by atoms with Gasteiger partial charge in [-0.05, 0) is 21.7 Å². The zero-order chi connectivity index (χ0) is 36.1. The van der Waals surface area contributed by atoms with Crippen LogP contribution in [0, 0.1) is 11.8 Å². The summed E-state index contributed by atoms with van der Waals surface area (Å²) in [5, 5.41) is 18.3. The molecule has 1 saturated heterocycles. The van der Waals surface area contributed by atoms with Crippen molar-refractivity contribution < 1.29 is 37.0 Å². The number of hydrogen-bond acceptors (Lipinski definition) is 10. The van der Waals surface area contributed by atoms with Gasteiger partial charge in [0.05, 0.1) is 42.9 Å². The molecule has 5 rings (SSSR count). The Hall–Kier alpha value is -3.62. The van der Waals surface area contributed by atoms with Crippen LogP contribution in [0.1, 0.15) is 50.8 Å². The molecule has 268 valence electrons.